The van der Waals surface area contributed by atoms with E-state index in [-0.39, 0.29) is 5.82 Å². The van der Waals surface area contributed by atoms with Crippen LogP contribution in [0.5, 0.6) is 0 Å². The molecule has 17 heavy (non-hydrogen) atoms. The quantitative estimate of drug-likeness (QED) is 0.860. The van der Waals surface area contributed by atoms with Gasteiger partial charge in [-0.2, -0.15) is 0 Å². The first-order valence-electron chi connectivity index (χ1n) is 6.55. The molecule has 0 spiro atoms. The Morgan fingerprint density at radius 3 is 2.47 bits per heavy atom. The highest BCUT2D eigenvalue weighted by molar-refractivity contribution is 5.22. The Kier molecular flexibility index (Phi) is 1.95. The molecule has 1 N–H and O–H groups in total. The van der Waals surface area contributed by atoms with Crippen LogP contribution in [-0.4, -0.2) is 22.6 Å². The first-order chi connectivity index (χ1) is 8.27. The van der Waals surface area contributed by atoms with Gasteiger partial charge in [0, 0.05) is 18.6 Å². The van der Waals surface area contributed by atoms with E-state index in [1.54, 1.807) is 0 Å². The topological polar surface area (TPSA) is 15.3 Å². The molecule has 3 aliphatic heterocycles. The minimum absolute atomic E-state index is 0.154. The lowest BCUT2D eigenvalue weighted by Crippen LogP contribution is -2.80. The molecule has 0 amide bonds. The van der Waals surface area contributed by atoms with Gasteiger partial charge in [-0.25, -0.2) is 4.39 Å². The van der Waals surface area contributed by atoms with E-state index in [0.717, 1.165) is 18.6 Å². The summed E-state index contributed by atoms with van der Waals surface area (Å²) in [4.78, 5) is 2.66. The second-order valence-corrected chi connectivity index (χ2v) is 5.71. The molecule has 0 saturated carbocycles. The lowest BCUT2D eigenvalue weighted by Gasteiger charge is -2.67. The van der Waals surface area contributed by atoms with Crippen LogP contribution in [0.2, 0.25) is 0 Å². The average Bonchev–Trinajstić information content (AvgIpc) is 2.48. The molecule has 1 unspecified atom stereocenters. The summed E-state index contributed by atoms with van der Waals surface area (Å²) in [7, 11) is 0. The van der Waals surface area contributed by atoms with Crippen LogP contribution < -0.4 is 5.32 Å². The van der Waals surface area contributed by atoms with Crippen molar-refractivity contribution in [3.8, 4) is 0 Å². The van der Waals surface area contributed by atoms with Gasteiger partial charge in [0.05, 0.1) is 5.66 Å². The summed E-state index contributed by atoms with van der Waals surface area (Å²) in [5.41, 5.74) is 1.48. The molecule has 1 aromatic carbocycles. The van der Waals surface area contributed by atoms with Gasteiger partial charge in [0.15, 0.2) is 0 Å². The molecule has 3 heteroatoms. The van der Waals surface area contributed by atoms with E-state index in [1.165, 1.54) is 43.4 Å². The molecule has 0 bridgehead atoms. The highest BCUT2D eigenvalue weighted by atomic mass is 19.1. The summed E-state index contributed by atoms with van der Waals surface area (Å²) in [5, 5.41) is 3.67. The maximum Gasteiger partial charge on any atom is 0.123 e. The highest BCUT2D eigenvalue weighted by Crippen LogP contribution is 2.56. The molecule has 3 fully saturated rings. The number of rotatable bonds is 3. The van der Waals surface area contributed by atoms with Crippen molar-refractivity contribution in [2.24, 2.45) is 0 Å². The van der Waals surface area contributed by atoms with Crippen molar-refractivity contribution in [1.82, 2.24) is 10.2 Å². The van der Waals surface area contributed by atoms with Crippen LogP contribution in [0.1, 0.15) is 31.2 Å². The van der Waals surface area contributed by atoms with Crippen molar-refractivity contribution in [2.75, 3.05) is 0 Å². The van der Waals surface area contributed by atoms with Crippen molar-refractivity contribution < 1.29 is 4.39 Å². The Hall–Kier alpha value is -0.930. The van der Waals surface area contributed by atoms with Crippen LogP contribution in [0.25, 0.3) is 0 Å². The third kappa shape index (κ3) is 1.33. The molecule has 0 aromatic heterocycles. The maximum absolute atomic E-state index is 12.8. The highest BCUT2D eigenvalue weighted by Gasteiger charge is 2.65. The predicted octanol–water partition coefficient (Wildman–Crippen LogP) is 2.25. The standard InChI is InChI=1S/C14H17FN2/c15-11-3-1-10(2-4-11)9-16-14-7-12-5-6-13(8-14)17(12)14/h1-4,12-13,16H,5-9H2/t12-,13+,14?. The fourth-order valence-electron chi connectivity index (χ4n) is 4.01. The first kappa shape index (κ1) is 10.0. The van der Waals surface area contributed by atoms with E-state index in [1.807, 2.05) is 12.1 Å². The molecule has 4 rings (SSSR count). The lowest BCUT2D eigenvalue weighted by molar-refractivity contribution is -0.185. The summed E-state index contributed by atoms with van der Waals surface area (Å²) in [6.07, 6.45) is 5.41. The van der Waals surface area contributed by atoms with Crippen molar-refractivity contribution in [3.63, 3.8) is 0 Å². The van der Waals surface area contributed by atoms with Gasteiger partial charge in [-0.3, -0.25) is 10.2 Å². The Morgan fingerprint density at radius 1 is 1.18 bits per heavy atom. The molecule has 0 radical (unpaired) electrons. The van der Waals surface area contributed by atoms with Gasteiger partial charge in [-0.1, -0.05) is 12.1 Å². The number of nitrogens with one attached hydrogen (secondary N) is 1. The van der Waals surface area contributed by atoms with Gasteiger partial charge in [0.25, 0.3) is 0 Å². The summed E-state index contributed by atoms with van der Waals surface area (Å²) < 4.78 is 12.8. The molecule has 3 heterocycles. The molecule has 3 saturated heterocycles. The van der Waals surface area contributed by atoms with Gasteiger partial charge >= 0.3 is 0 Å². The van der Waals surface area contributed by atoms with E-state index < -0.39 is 0 Å². The molecule has 3 atom stereocenters. The summed E-state index contributed by atoms with van der Waals surface area (Å²) >= 11 is 0. The third-order valence-electron chi connectivity index (χ3n) is 4.80. The van der Waals surface area contributed by atoms with Gasteiger partial charge < -0.3 is 0 Å². The Bertz CT molecular complexity index is 428. The molecule has 1 aromatic rings. The minimum Gasteiger partial charge on any atom is -0.295 e. The Labute approximate surface area is 101 Å². The van der Waals surface area contributed by atoms with Gasteiger partial charge in [-0.15, -0.1) is 0 Å². The van der Waals surface area contributed by atoms with Gasteiger partial charge in [-0.05, 0) is 43.4 Å². The van der Waals surface area contributed by atoms with Crippen molar-refractivity contribution in [1.29, 1.82) is 0 Å². The Balaban J connectivity index is 1.41. The van der Waals surface area contributed by atoms with E-state index in [9.17, 15) is 4.39 Å². The fraction of sp³-hybridized carbons (Fsp3) is 0.571. The van der Waals surface area contributed by atoms with Crippen molar-refractivity contribution in [2.45, 2.75) is 50.0 Å². The number of hydrogen-bond acceptors (Lipinski definition) is 2. The smallest absolute Gasteiger partial charge is 0.123 e. The molecule has 90 valence electrons. The number of hydrogen-bond donors (Lipinski definition) is 1. The zero-order valence-electron chi connectivity index (χ0n) is 9.82. The SMILES string of the molecule is Fc1ccc(CNC23C[C@H]4CC[C@@H](C2)N43)cc1. The van der Waals surface area contributed by atoms with Crippen molar-refractivity contribution >= 4 is 0 Å². The predicted molar refractivity (Wildman–Crippen MR) is 63.9 cm³/mol. The van der Waals surface area contributed by atoms with Crippen LogP contribution >= 0.6 is 0 Å². The number of benzene rings is 1. The van der Waals surface area contributed by atoms with Crippen LogP contribution in [-0.2, 0) is 6.54 Å². The van der Waals surface area contributed by atoms with E-state index in [2.05, 4.69) is 10.2 Å². The van der Waals surface area contributed by atoms with Crippen LogP contribution in [0, 0.1) is 5.82 Å². The summed E-state index contributed by atoms with van der Waals surface area (Å²) in [6.45, 7) is 0.857. The molecular weight excluding hydrogens is 215 g/mol. The summed E-state index contributed by atoms with van der Waals surface area (Å²) in [6, 6.07) is 8.53. The van der Waals surface area contributed by atoms with Gasteiger partial charge in [0.1, 0.15) is 5.82 Å². The average molecular weight is 232 g/mol. The third-order valence-corrected chi connectivity index (χ3v) is 4.80. The zero-order chi connectivity index (χ0) is 11.5. The molecule has 3 aliphatic rings. The largest absolute Gasteiger partial charge is 0.295 e. The number of piperidine rings is 1. The van der Waals surface area contributed by atoms with E-state index >= 15 is 0 Å². The monoisotopic (exact) mass is 232 g/mol. The summed E-state index contributed by atoms with van der Waals surface area (Å²) in [5.74, 6) is -0.154. The maximum atomic E-state index is 12.8. The zero-order valence-corrected chi connectivity index (χ0v) is 9.82. The van der Waals surface area contributed by atoms with Crippen LogP contribution in [0.4, 0.5) is 4.39 Å². The number of halogens is 1. The van der Waals surface area contributed by atoms with Crippen LogP contribution in [0.15, 0.2) is 24.3 Å². The molecule has 2 nitrogen and oxygen atoms in total. The molecular formula is C14H17FN2. The first-order valence-corrected chi connectivity index (χ1v) is 6.55. The molecule has 0 aliphatic carbocycles. The van der Waals surface area contributed by atoms with Crippen molar-refractivity contribution in [3.05, 3.63) is 35.6 Å². The normalized spacial score (nSPS) is 38.4. The second kappa shape index (κ2) is 3.30. The van der Waals surface area contributed by atoms with Gasteiger partial charge in [0.2, 0.25) is 0 Å². The fourth-order valence-corrected chi connectivity index (χ4v) is 4.01. The van der Waals surface area contributed by atoms with Crippen LogP contribution in [0.3, 0.4) is 0 Å². The Morgan fingerprint density at radius 2 is 1.82 bits per heavy atom. The van der Waals surface area contributed by atoms with E-state index in [4.69, 9.17) is 0 Å². The second-order valence-electron chi connectivity index (χ2n) is 5.71. The minimum atomic E-state index is -0.154. The number of nitrogens with zero attached hydrogens (tertiary/aromatic N) is 1. The van der Waals surface area contributed by atoms with E-state index in [0.29, 0.717) is 5.66 Å². The lowest BCUT2D eigenvalue weighted by atomic mass is 9.75.